The molecule has 0 aromatic heterocycles. The Bertz CT molecular complexity index is 1020. The molecule has 1 fully saturated rings. The minimum absolute atomic E-state index is 0.261. The molecule has 7 heteroatoms. The first-order chi connectivity index (χ1) is 13.3. The summed E-state index contributed by atoms with van der Waals surface area (Å²) in [4.78, 5) is 39.6. The normalized spacial score (nSPS) is 27.3. The van der Waals surface area contributed by atoms with Crippen LogP contribution in [0.3, 0.4) is 0 Å². The Morgan fingerprint density at radius 1 is 1.11 bits per heavy atom. The Kier molecular flexibility index (Phi) is 4.50. The third-order valence-electron chi connectivity index (χ3n) is 5.93. The minimum atomic E-state index is -1.67. The lowest BCUT2D eigenvalue weighted by Crippen LogP contribution is -2.40. The fraction of sp³-hybridized carbons (Fsp3) is 0.286. The van der Waals surface area contributed by atoms with Gasteiger partial charge in [0, 0.05) is 26.0 Å². The van der Waals surface area contributed by atoms with E-state index in [-0.39, 0.29) is 5.78 Å². The van der Waals surface area contributed by atoms with E-state index in [2.05, 4.69) is 31.9 Å². The van der Waals surface area contributed by atoms with Gasteiger partial charge in [-0.05, 0) is 36.8 Å². The zero-order valence-electron chi connectivity index (χ0n) is 15.1. The first-order valence-electron chi connectivity index (χ1n) is 8.75. The summed E-state index contributed by atoms with van der Waals surface area (Å²) in [6.45, 7) is 1.81. The molecule has 2 aliphatic rings. The molecule has 0 N–H and O–H groups in total. The van der Waals surface area contributed by atoms with Gasteiger partial charge in [-0.3, -0.25) is 14.4 Å². The highest BCUT2D eigenvalue weighted by Crippen LogP contribution is 2.80. The first-order valence-corrected chi connectivity index (χ1v) is 10.3. The van der Waals surface area contributed by atoms with E-state index in [0.29, 0.717) is 23.3 Å². The van der Waals surface area contributed by atoms with E-state index in [9.17, 15) is 14.4 Å². The van der Waals surface area contributed by atoms with Crippen molar-refractivity contribution in [1.29, 1.82) is 0 Å². The van der Waals surface area contributed by atoms with Crippen LogP contribution >= 0.6 is 31.9 Å². The van der Waals surface area contributed by atoms with Crippen molar-refractivity contribution in [1.82, 2.24) is 0 Å². The maximum atomic E-state index is 13.7. The van der Waals surface area contributed by atoms with Gasteiger partial charge in [-0.15, -0.1) is 0 Å². The van der Waals surface area contributed by atoms with Crippen LogP contribution in [0.2, 0.25) is 0 Å². The predicted octanol–water partition coefficient (Wildman–Crippen LogP) is 4.67. The summed E-state index contributed by atoms with van der Waals surface area (Å²) in [6.07, 6.45) is 0.294. The maximum absolute atomic E-state index is 13.7. The van der Waals surface area contributed by atoms with E-state index in [0.717, 1.165) is 8.95 Å². The van der Waals surface area contributed by atoms with Crippen LogP contribution in [-0.4, -0.2) is 24.8 Å². The Morgan fingerprint density at radius 3 is 2.36 bits per heavy atom. The number of methoxy groups -OCH3 is 1. The van der Waals surface area contributed by atoms with Crippen molar-refractivity contribution in [2.24, 2.45) is 10.8 Å². The minimum Gasteiger partial charge on any atom is -0.468 e. The number of halogens is 2. The fourth-order valence-corrected chi connectivity index (χ4v) is 5.35. The van der Waals surface area contributed by atoms with E-state index < -0.39 is 28.7 Å². The van der Waals surface area contributed by atoms with Gasteiger partial charge in [0.25, 0.3) is 0 Å². The molecule has 3 atom stereocenters. The number of benzene rings is 2. The molecule has 2 aromatic carbocycles. The number of hydrogen-bond acceptors (Lipinski definition) is 5. The molecule has 1 aliphatic carbocycles. The zero-order chi connectivity index (χ0) is 20.3. The molecule has 0 saturated heterocycles. The highest BCUT2D eigenvalue weighted by Gasteiger charge is 2.90. The van der Waals surface area contributed by atoms with E-state index in [1.807, 2.05) is 6.92 Å². The Labute approximate surface area is 178 Å². The standard InChI is InChI=1S/C21H16Br2O5/c1-3-20(17(24)11-4-6-12(22)7-5-11)16-14-10-13(23)8-9-15(14)28-19(26)21(16,20)18(25)27-2/h4-10,16H,3H2,1-2H3/t16-,20+,21+/m1/s1. The number of hydrogen-bond donors (Lipinski definition) is 0. The summed E-state index contributed by atoms with van der Waals surface area (Å²) in [6, 6.07) is 12.1. The Balaban J connectivity index is 1.95. The molecule has 4 rings (SSSR count). The zero-order valence-corrected chi connectivity index (χ0v) is 18.3. The third kappa shape index (κ3) is 2.26. The average molecular weight is 508 g/mol. The third-order valence-corrected chi connectivity index (χ3v) is 6.95. The topological polar surface area (TPSA) is 69.7 Å². The summed E-state index contributed by atoms with van der Waals surface area (Å²) < 4.78 is 12.1. The number of ether oxygens (including phenoxy) is 2. The van der Waals surface area contributed by atoms with Gasteiger partial charge < -0.3 is 9.47 Å². The van der Waals surface area contributed by atoms with Gasteiger partial charge in [-0.25, -0.2) is 0 Å². The van der Waals surface area contributed by atoms with Crippen LogP contribution in [0, 0.1) is 10.8 Å². The number of ketones is 1. The van der Waals surface area contributed by atoms with Gasteiger partial charge in [-0.1, -0.05) is 50.9 Å². The van der Waals surface area contributed by atoms with Crippen LogP contribution in [0.5, 0.6) is 5.75 Å². The van der Waals surface area contributed by atoms with Gasteiger partial charge in [0.1, 0.15) is 5.75 Å². The predicted molar refractivity (Wildman–Crippen MR) is 108 cm³/mol. The summed E-state index contributed by atoms with van der Waals surface area (Å²) in [5.41, 5.74) is -1.83. The number of fused-ring (bicyclic) bond motifs is 3. The molecule has 1 aliphatic heterocycles. The highest BCUT2D eigenvalue weighted by atomic mass is 79.9. The molecule has 2 aromatic rings. The van der Waals surface area contributed by atoms with Crippen LogP contribution < -0.4 is 4.74 Å². The second-order valence-electron chi connectivity index (χ2n) is 6.97. The summed E-state index contributed by atoms with van der Waals surface area (Å²) >= 11 is 6.78. The van der Waals surface area contributed by atoms with Gasteiger partial charge in [0.2, 0.25) is 0 Å². The lowest BCUT2D eigenvalue weighted by molar-refractivity contribution is -0.160. The quantitative estimate of drug-likeness (QED) is 0.260. The molecule has 0 radical (unpaired) electrons. The fourth-order valence-electron chi connectivity index (χ4n) is 4.71. The van der Waals surface area contributed by atoms with Crippen LogP contribution in [-0.2, 0) is 14.3 Å². The number of carbonyl (C=O) groups is 3. The molecule has 144 valence electrons. The van der Waals surface area contributed by atoms with Gasteiger partial charge in [0.05, 0.1) is 12.5 Å². The summed E-state index contributed by atoms with van der Waals surface area (Å²) in [5, 5.41) is 0. The van der Waals surface area contributed by atoms with Crippen molar-refractivity contribution >= 4 is 49.6 Å². The molecule has 0 amide bonds. The molecule has 0 spiro atoms. The highest BCUT2D eigenvalue weighted by molar-refractivity contribution is 9.10. The van der Waals surface area contributed by atoms with Crippen LogP contribution in [0.15, 0.2) is 51.4 Å². The smallest absolute Gasteiger partial charge is 0.330 e. The number of carbonyl (C=O) groups excluding carboxylic acids is 3. The van der Waals surface area contributed by atoms with Crippen molar-refractivity contribution in [2.45, 2.75) is 19.3 Å². The second-order valence-corrected chi connectivity index (χ2v) is 8.80. The molecule has 5 nitrogen and oxygen atoms in total. The van der Waals surface area contributed by atoms with Crippen LogP contribution in [0.25, 0.3) is 0 Å². The molecule has 1 heterocycles. The average Bonchev–Trinajstić information content (AvgIpc) is 3.35. The molecule has 0 unspecified atom stereocenters. The van der Waals surface area contributed by atoms with E-state index in [4.69, 9.17) is 9.47 Å². The van der Waals surface area contributed by atoms with E-state index in [1.165, 1.54) is 7.11 Å². The SMILES string of the molecule is CC[C@@]1(C(=O)c2ccc(Br)cc2)[C@H]2c3cc(Br)ccc3OC(=O)[C@@]21C(=O)OC. The molecule has 0 bridgehead atoms. The van der Waals surface area contributed by atoms with Gasteiger partial charge >= 0.3 is 11.9 Å². The van der Waals surface area contributed by atoms with Crippen LogP contribution in [0.4, 0.5) is 0 Å². The first kappa shape index (κ1) is 19.3. The second kappa shape index (κ2) is 6.52. The molecule has 28 heavy (non-hydrogen) atoms. The van der Waals surface area contributed by atoms with Crippen molar-refractivity contribution < 1.29 is 23.9 Å². The van der Waals surface area contributed by atoms with Gasteiger partial charge in [-0.2, -0.15) is 0 Å². The van der Waals surface area contributed by atoms with Crippen molar-refractivity contribution in [3.63, 3.8) is 0 Å². The van der Waals surface area contributed by atoms with E-state index >= 15 is 0 Å². The lowest BCUT2D eigenvalue weighted by atomic mass is 9.83. The summed E-state index contributed by atoms with van der Waals surface area (Å²) in [7, 11) is 1.22. The number of esters is 2. The molecular weight excluding hydrogens is 492 g/mol. The van der Waals surface area contributed by atoms with Crippen molar-refractivity contribution in [2.75, 3.05) is 7.11 Å². The van der Waals surface area contributed by atoms with E-state index in [1.54, 1.807) is 42.5 Å². The Morgan fingerprint density at radius 2 is 1.75 bits per heavy atom. The molecule has 1 saturated carbocycles. The lowest BCUT2D eigenvalue weighted by Gasteiger charge is -2.22. The van der Waals surface area contributed by atoms with Crippen LogP contribution in [0.1, 0.15) is 35.2 Å². The molecular formula is C21H16Br2O5. The van der Waals surface area contributed by atoms with Crippen molar-refractivity contribution in [3.8, 4) is 5.75 Å². The number of Topliss-reactive ketones (excluding diaryl/α,β-unsaturated/α-hetero) is 1. The maximum Gasteiger partial charge on any atom is 0.330 e. The van der Waals surface area contributed by atoms with Gasteiger partial charge in [0.15, 0.2) is 11.2 Å². The number of rotatable bonds is 4. The largest absolute Gasteiger partial charge is 0.468 e. The summed E-state index contributed by atoms with van der Waals surface area (Å²) in [5.74, 6) is -1.99. The Hall–Kier alpha value is -1.99. The van der Waals surface area contributed by atoms with Crippen molar-refractivity contribution in [3.05, 3.63) is 62.5 Å². The monoisotopic (exact) mass is 506 g/mol.